The number of aromatic nitrogens is 2. The molecule has 1 fully saturated rings. The Kier molecular flexibility index (Phi) is 4.57. The van der Waals surface area contributed by atoms with Gasteiger partial charge in [0.05, 0.1) is 23.4 Å². The molecule has 1 atom stereocenters. The van der Waals surface area contributed by atoms with Gasteiger partial charge in [0.15, 0.2) is 5.16 Å². The molecule has 1 saturated carbocycles. The van der Waals surface area contributed by atoms with Crippen molar-refractivity contribution in [3.8, 4) is 5.75 Å². The van der Waals surface area contributed by atoms with Crippen LogP contribution in [-0.4, -0.2) is 34.3 Å². The highest BCUT2D eigenvalue weighted by Gasteiger charge is 2.28. The van der Waals surface area contributed by atoms with E-state index in [0.717, 1.165) is 21.9 Å². The SMILES string of the molecule is CCOc1ccc2nc(SCC(=O)N[C@@H](C)C3CC3)[nH]c2c1. The number of rotatable bonds is 7. The molecule has 1 aromatic heterocycles. The first-order valence-corrected chi connectivity index (χ1v) is 8.69. The molecule has 0 saturated heterocycles. The molecule has 0 radical (unpaired) electrons. The molecular weight excluding hydrogens is 298 g/mol. The summed E-state index contributed by atoms with van der Waals surface area (Å²) in [6.45, 7) is 4.68. The molecule has 0 unspecified atom stereocenters. The second-order valence-electron chi connectivity index (χ2n) is 5.64. The molecule has 1 amide bonds. The predicted octanol–water partition coefficient (Wildman–Crippen LogP) is 2.97. The molecule has 1 aliphatic carbocycles. The maximum atomic E-state index is 11.9. The topological polar surface area (TPSA) is 67.0 Å². The molecule has 2 N–H and O–H groups in total. The number of carbonyl (C=O) groups is 1. The minimum Gasteiger partial charge on any atom is -0.494 e. The lowest BCUT2D eigenvalue weighted by molar-refractivity contribution is -0.119. The lowest BCUT2D eigenvalue weighted by Crippen LogP contribution is -2.35. The van der Waals surface area contributed by atoms with Gasteiger partial charge in [0, 0.05) is 12.1 Å². The van der Waals surface area contributed by atoms with Crippen LogP contribution in [0.1, 0.15) is 26.7 Å². The van der Waals surface area contributed by atoms with E-state index in [-0.39, 0.29) is 11.9 Å². The highest BCUT2D eigenvalue weighted by molar-refractivity contribution is 7.99. The second-order valence-corrected chi connectivity index (χ2v) is 6.60. The summed E-state index contributed by atoms with van der Waals surface area (Å²) in [5, 5.41) is 3.81. The first-order chi connectivity index (χ1) is 10.7. The number of hydrogen-bond donors (Lipinski definition) is 2. The van der Waals surface area contributed by atoms with Crippen molar-refractivity contribution >= 4 is 28.7 Å². The Bertz CT molecular complexity index is 666. The van der Waals surface area contributed by atoms with Gasteiger partial charge in [0.25, 0.3) is 0 Å². The first-order valence-electron chi connectivity index (χ1n) is 7.70. The van der Waals surface area contributed by atoms with Crippen molar-refractivity contribution in [1.29, 1.82) is 0 Å². The van der Waals surface area contributed by atoms with E-state index >= 15 is 0 Å². The van der Waals surface area contributed by atoms with E-state index in [0.29, 0.717) is 18.3 Å². The normalized spacial score (nSPS) is 15.7. The number of nitrogens with one attached hydrogen (secondary N) is 2. The van der Waals surface area contributed by atoms with Crippen LogP contribution in [0.2, 0.25) is 0 Å². The van der Waals surface area contributed by atoms with Crippen molar-refractivity contribution in [2.45, 2.75) is 37.9 Å². The lowest BCUT2D eigenvalue weighted by atomic mass is 10.2. The third-order valence-electron chi connectivity index (χ3n) is 3.80. The quantitative estimate of drug-likeness (QED) is 0.770. The minimum absolute atomic E-state index is 0.0693. The minimum atomic E-state index is 0.0693. The zero-order chi connectivity index (χ0) is 15.5. The molecule has 0 spiro atoms. The number of carbonyl (C=O) groups excluding carboxylic acids is 1. The second kappa shape index (κ2) is 6.60. The van der Waals surface area contributed by atoms with Crippen LogP contribution in [0, 0.1) is 5.92 Å². The van der Waals surface area contributed by atoms with E-state index in [1.165, 1.54) is 24.6 Å². The molecule has 1 aliphatic rings. The molecule has 6 heteroatoms. The third kappa shape index (κ3) is 3.74. The number of amides is 1. The highest BCUT2D eigenvalue weighted by atomic mass is 32.2. The Hall–Kier alpha value is -1.69. The average Bonchev–Trinajstić information content (AvgIpc) is 3.26. The Morgan fingerprint density at radius 3 is 3.09 bits per heavy atom. The van der Waals surface area contributed by atoms with E-state index in [1.807, 2.05) is 25.1 Å². The summed E-state index contributed by atoms with van der Waals surface area (Å²) in [6.07, 6.45) is 2.47. The van der Waals surface area contributed by atoms with Gasteiger partial charge < -0.3 is 15.0 Å². The molecular formula is C16H21N3O2S. The maximum absolute atomic E-state index is 11.9. The summed E-state index contributed by atoms with van der Waals surface area (Å²) < 4.78 is 5.47. The maximum Gasteiger partial charge on any atom is 0.230 e. The van der Waals surface area contributed by atoms with E-state index in [4.69, 9.17) is 4.74 Å². The van der Waals surface area contributed by atoms with Crippen LogP contribution < -0.4 is 10.1 Å². The van der Waals surface area contributed by atoms with Crippen molar-refractivity contribution in [2.24, 2.45) is 5.92 Å². The zero-order valence-corrected chi connectivity index (χ0v) is 13.7. The van der Waals surface area contributed by atoms with Crippen LogP contribution in [0.5, 0.6) is 5.75 Å². The van der Waals surface area contributed by atoms with Gasteiger partial charge >= 0.3 is 0 Å². The number of imidazole rings is 1. The van der Waals surface area contributed by atoms with Crippen LogP contribution in [0.15, 0.2) is 23.4 Å². The molecule has 2 aromatic rings. The summed E-state index contributed by atoms with van der Waals surface area (Å²) in [7, 11) is 0. The van der Waals surface area contributed by atoms with Crippen LogP contribution in [0.4, 0.5) is 0 Å². The van der Waals surface area contributed by atoms with Crippen molar-refractivity contribution in [2.75, 3.05) is 12.4 Å². The summed E-state index contributed by atoms with van der Waals surface area (Å²) in [5.74, 6) is 1.96. The van der Waals surface area contributed by atoms with E-state index < -0.39 is 0 Å². The molecule has 0 aliphatic heterocycles. The van der Waals surface area contributed by atoms with Gasteiger partial charge in [-0.05, 0) is 44.7 Å². The van der Waals surface area contributed by atoms with Gasteiger partial charge in [-0.25, -0.2) is 4.98 Å². The number of hydrogen-bond acceptors (Lipinski definition) is 4. The number of ether oxygens (including phenoxy) is 1. The first kappa shape index (κ1) is 15.2. The van der Waals surface area contributed by atoms with E-state index in [9.17, 15) is 4.79 Å². The van der Waals surface area contributed by atoms with Crippen LogP contribution >= 0.6 is 11.8 Å². The standard InChI is InChI=1S/C16H21N3O2S/c1-3-21-12-6-7-13-14(8-12)19-16(18-13)22-9-15(20)17-10(2)11-4-5-11/h6-8,10-11H,3-5,9H2,1-2H3,(H,17,20)(H,18,19)/t10-/m0/s1. The zero-order valence-electron chi connectivity index (χ0n) is 12.9. The lowest BCUT2D eigenvalue weighted by Gasteiger charge is -2.11. The highest BCUT2D eigenvalue weighted by Crippen LogP contribution is 2.32. The van der Waals surface area contributed by atoms with Crippen molar-refractivity contribution < 1.29 is 9.53 Å². The Balaban J connectivity index is 1.57. The number of aromatic amines is 1. The fourth-order valence-corrected chi connectivity index (χ4v) is 3.13. The van der Waals surface area contributed by atoms with Gasteiger partial charge in [-0.2, -0.15) is 0 Å². The number of fused-ring (bicyclic) bond motifs is 1. The molecule has 22 heavy (non-hydrogen) atoms. The van der Waals surface area contributed by atoms with Crippen LogP contribution in [0.3, 0.4) is 0 Å². The van der Waals surface area contributed by atoms with Crippen LogP contribution in [0.25, 0.3) is 11.0 Å². The van der Waals surface area contributed by atoms with E-state index in [2.05, 4.69) is 22.2 Å². The van der Waals surface area contributed by atoms with E-state index in [1.54, 1.807) is 0 Å². The Morgan fingerprint density at radius 1 is 1.55 bits per heavy atom. The molecule has 3 rings (SSSR count). The smallest absolute Gasteiger partial charge is 0.230 e. The summed E-state index contributed by atoms with van der Waals surface area (Å²) in [5.41, 5.74) is 1.82. The van der Waals surface area contributed by atoms with Crippen LogP contribution in [-0.2, 0) is 4.79 Å². The molecule has 1 heterocycles. The fraction of sp³-hybridized carbons (Fsp3) is 0.500. The van der Waals surface area contributed by atoms with Crippen molar-refractivity contribution in [3.05, 3.63) is 18.2 Å². The summed E-state index contributed by atoms with van der Waals surface area (Å²) in [6, 6.07) is 6.06. The Morgan fingerprint density at radius 2 is 2.36 bits per heavy atom. The number of benzene rings is 1. The number of nitrogens with zero attached hydrogens (tertiary/aromatic N) is 1. The van der Waals surface area contributed by atoms with Gasteiger partial charge in [0.1, 0.15) is 5.75 Å². The molecule has 1 aromatic carbocycles. The Labute approximate surface area is 134 Å². The number of H-pyrrole nitrogens is 1. The van der Waals surface area contributed by atoms with Gasteiger partial charge in [0.2, 0.25) is 5.91 Å². The predicted molar refractivity (Wildman–Crippen MR) is 88.3 cm³/mol. The average molecular weight is 319 g/mol. The monoisotopic (exact) mass is 319 g/mol. The molecule has 5 nitrogen and oxygen atoms in total. The number of thioether (sulfide) groups is 1. The van der Waals surface area contributed by atoms with Gasteiger partial charge in [-0.3, -0.25) is 4.79 Å². The van der Waals surface area contributed by atoms with Gasteiger partial charge in [-0.15, -0.1) is 0 Å². The largest absolute Gasteiger partial charge is 0.494 e. The summed E-state index contributed by atoms with van der Waals surface area (Å²) >= 11 is 1.43. The van der Waals surface area contributed by atoms with Crippen molar-refractivity contribution in [1.82, 2.24) is 15.3 Å². The fourth-order valence-electron chi connectivity index (χ4n) is 2.43. The third-order valence-corrected chi connectivity index (χ3v) is 4.67. The molecule has 118 valence electrons. The van der Waals surface area contributed by atoms with Crippen molar-refractivity contribution in [3.63, 3.8) is 0 Å². The summed E-state index contributed by atoms with van der Waals surface area (Å²) in [4.78, 5) is 19.6. The van der Waals surface area contributed by atoms with Gasteiger partial charge in [-0.1, -0.05) is 11.8 Å². The molecule has 0 bridgehead atoms.